The maximum absolute atomic E-state index is 4.68. The van der Waals surface area contributed by atoms with Gasteiger partial charge in [0.05, 0.1) is 5.54 Å². The average Bonchev–Trinajstić information content (AvgIpc) is 2.67. The molecular weight excluding hydrogens is 216 g/mol. The summed E-state index contributed by atoms with van der Waals surface area (Å²) in [6.45, 7) is 12.2. The van der Waals surface area contributed by atoms with Gasteiger partial charge < -0.3 is 5.32 Å². The lowest BCUT2D eigenvalue weighted by atomic mass is 9.84. The fraction of sp³-hybridized carbons (Fsp3) is 0.769. The molecule has 0 fully saturated rings. The zero-order valence-corrected chi connectivity index (χ0v) is 11.9. The lowest BCUT2D eigenvalue weighted by molar-refractivity contribution is 0.228. The third-order valence-electron chi connectivity index (χ3n) is 3.23. The van der Waals surface area contributed by atoms with Crippen molar-refractivity contribution in [2.45, 2.75) is 53.0 Å². The van der Waals surface area contributed by atoms with Gasteiger partial charge in [0.2, 0.25) is 0 Å². The second kappa shape index (κ2) is 5.78. The van der Waals surface area contributed by atoms with E-state index < -0.39 is 0 Å². The van der Waals surface area contributed by atoms with Crippen molar-refractivity contribution in [2.75, 3.05) is 6.54 Å². The molecule has 1 atom stereocenters. The van der Waals surface area contributed by atoms with E-state index in [0.717, 1.165) is 18.7 Å². The molecule has 1 aromatic heterocycles. The highest BCUT2D eigenvalue weighted by molar-refractivity contribution is 7.09. The van der Waals surface area contributed by atoms with Crippen molar-refractivity contribution in [3.8, 4) is 0 Å². The molecule has 1 unspecified atom stereocenters. The molecule has 2 nitrogen and oxygen atoms in total. The zero-order valence-electron chi connectivity index (χ0n) is 11.1. The molecule has 1 aromatic rings. The SMILES string of the molecule is CCCNC(CC)(c1nc(C)cs1)C(C)C. The first-order chi connectivity index (χ1) is 7.56. The first kappa shape index (κ1) is 13.7. The Morgan fingerprint density at radius 3 is 2.50 bits per heavy atom. The number of hydrogen-bond donors (Lipinski definition) is 1. The van der Waals surface area contributed by atoms with Crippen molar-refractivity contribution < 1.29 is 0 Å². The van der Waals surface area contributed by atoms with Gasteiger partial charge in [0.25, 0.3) is 0 Å². The summed E-state index contributed by atoms with van der Waals surface area (Å²) in [7, 11) is 0. The minimum Gasteiger partial charge on any atom is -0.305 e. The summed E-state index contributed by atoms with van der Waals surface area (Å²) in [4.78, 5) is 4.68. The Morgan fingerprint density at radius 1 is 1.44 bits per heavy atom. The maximum Gasteiger partial charge on any atom is 0.113 e. The fourth-order valence-corrected chi connectivity index (χ4v) is 3.31. The monoisotopic (exact) mass is 240 g/mol. The minimum atomic E-state index is 0.0644. The summed E-state index contributed by atoms with van der Waals surface area (Å²) < 4.78 is 0. The van der Waals surface area contributed by atoms with Gasteiger partial charge in [0.15, 0.2) is 0 Å². The molecular formula is C13H24N2S. The summed E-state index contributed by atoms with van der Waals surface area (Å²) in [5.41, 5.74) is 1.20. The number of nitrogens with zero attached hydrogens (tertiary/aromatic N) is 1. The van der Waals surface area contributed by atoms with Gasteiger partial charge in [-0.25, -0.2) is 4.98 Å². The Kier molecular flexibility index (Phi) is 4.93. The molecule has 0 bridgehead atoms. The summed E-state index contributed by atoms with van der Waals surface area (Å²) >= 11 is 1.79. The van der Waals surface area contributed by atoms with E-state index in [4.69, 9.17) is 0 Å². The van der Waals surface area contributed by atoms with Crippen LogP contribution >= 0.6 is 11.3 Å². The maximum atomic E-state index is 4.68. The largest absolute Gasteiger partial charge is 0.305 e. The van der Waals surface area contributed by atoms with E-state index in [1.54, 1.807) is 11.3 Å². The van der Waals surface area contributed by atoms with Crippen molar-refractivity contribution in [2.24, 2.45) is 5.92 Å². The van der Waals surface area contributed by atoms with Crippen LogP contribution in [0.3, 0.4) is 0 Å². The highest BCUT2D eigenvalue weighted by atomic mass is 32.1. The van der Waals surface area contributed by atoms with Crippen LogP contribution < -0.4 is 5.32 Å². The lowest BCUT2D eigenvalue weighted by Gasteiger charge is -2.36. The van der Waals surface area contributed by atoms with E-state index in [2.05, 4.69) is 50.3 Å². The summed E-state index contributed by atoms with van der Waals surface area (Å²) in [6.07, 6.45) is 2.26. The predicted molar refractivity (Wildman–Crippen MR) is 72.0 cm³/mol. The van der Waals surface area contributed by atoms with Gasteiger partial charge in [-0.2, -0.15) is 0 Å². The molecule has 16 heavy (non-hydrogen) atoms. The Morgan fingerprint density at radius 2 is 2.12 bits per heavy atom. The van der Waals surface area contributed by atoms with Gasteiger partial charge in [-0.05, 0) is 32.2 Å². The standard InChI is InChI=1S/C13H24N2S/c1-6-8-14-13(7-2,10(3)4)12-15-11(5)9-16-12/h9-10,14H,6-8H2,1-5H3. The predicted octanol–water partition coefficient (Wildman–Crippen LogP) is 3.71. The second-order valence-corrected chi connectivity index (χ2v) is 5.56. The van der Waals surface area contributed by atoms with Crippen molar-refractivity contribution in [3.63, 3.8) is 0 Å². The topological polar surface area (TPSA) is 24.9 Å². The summed E-state index contributed by atoms with van der Waals surface area (Å²) in [6, 6.07) is 0. The van der Waals surface area contributed by atoms with Crippen LogP contribution in [-0.4, -0.2) is 11.5 Å². The quantitative estimate of drug-likeness (QED) is 0.820. The van der Waals surface area contributed by atoms with Crippen LogP contribution in [0.15, 0.2) is 5.38 Å². The van der Waals surface area contributed by atoms with E-state index in [-0.39, 0.29) is 5.54 Å². The van der Waals surface area contributed by atoms with Gasteiger partial charge in [-0.3, -0.25) is 0 Å². The van der Waals surface area contributed by atoms with Gasteiger partial charge in [0.1, 0.15) is 5.01 Å². The van der Waals surface area contributed by atoms with Gasteiger partial charge >= 0.3 is 0 Å². The van der Waals surface area contributed by atoms with Crippen molar-refractivity contribution >= 4 is 11.3 Å². The molecule has 0 aliphatic heterocycles. The highest BCUT2D eigenvalue weighted by Gasteiger charge is 2.35. The van der Waals surface area contributed by atoms with E-state index >= 15 is 0 Å². The Bertz CT molecular complexity index is 319. The molecule has 92 valence electrons. The van der Waals surface area contributed by atoms with Crippen molar-refractivity contribution in [1.29, 1.82) is 0 Å². The van der Waals surface area contributed by atoms with Crippen LogP contribution in [0.4, 0.5) is 0 Å². The second-order valence-electron chi connectivity index (χ2n) is 4.70. The number of rotatable bonds is 6. The van der Waals surface area contributed by atoms with Gasteiger partial charge in [-0.15, -0.1) is 11.3 Å². The van der Waals surface area contributed by atoms with E-state index in [1.807, 2.05) is 0 Å². The van der Waals surface area contributed by atoms with Crippen molar-refractivity contribution in [1.82, 2.24) is 10.3 Å². The molecule has 0 aliphatic rings. The Balaban J connectivity index is 3.01. The number of aromatic nitrogens is 1. The molecule has 1 heterocycles. The number of hydrogen-bond acceptors (Lipinski definition) is 3. The Labute approximate surface area is 103 Å². The van der Waals surface area contributed by atoms with E-state index in [0.29, 0.717) is 5.92 Å². The average molecular weight is 240 g/mol. The van der Waals surface area contributed by atoms with Crippen LogP contribution in [0.5, 0.6) is 0 Å². The third kappa shape index (κ3) is 2.64. The molecule has 1 N–H and O–H groups in total. The smallest absolute Gasteiger partial charge is 0.113 e. The van der Waals surface area contributed by atoms with Crippen molar-refractivity contribution in [3.05, 3.63) is 16.1 Å². The molecule has 0 saturated carbocycles. The molecule has 0 saturated heterocycles. The molecule has 0 spiro atoms. The Hall–Kier alpha value is -0.410. The highest BCUT2D eigenvalue weighted by Crippen LogP contribution is 2.34. The number of aryl methyl sites for hydroxylation is 1. The minimum absolute atomic E-state index is 0.0644. The molecule has 3 heteroatoms. The first-order valence-corrected chi connectivity index (χ1v) is 7.12. The summed E-state index contributed by atoms with van der Waals surface area (Å²) in [5.74, 6) is 0.564. The summed E-state index contributed by atoms with van der Waals surface area (Å²) in [5, 5.41) is 7.10. The lowest BCUT2D eigenvalue weighted by Crippen LogP contribution is -2.46. The van der Waals surface area contributed by atoms with Crippen LogP contribution in [0.25, 0.3) is 0 Å². The van der Waals surface area contributed by atoms with Crippen LogP contribution in [0, 0.1) is 12.8 Å². The van der Waals surface area contributed by atoms with E-state index in [9.17, 15) is 0 Å². The van der Waals surface area contributed by atoms with Crippen LogP contribution in [0.1, 0.15) is 51.2 Å². The molecule has 0 aliphatic carbocycles. The van der Waals surface area contributed by atoms with Crippen LogP contribution in [0.2, 0.25) is 0 Å². The van der Waals surface area contributed by atoms with Gasteiger partial charge in [0, 0.05) is 11.1 Å². The molecule has 0 radical (unpaired) electrons. The number of nitrogens with one attached hydrogen (secondary N) is 1. The fourth-order valence-electron chi connectivity index (χ4n) is 2.12. The van der Waals surface area contributed by atoms with Gasteiger partial charge in [-0.1, -0.05) is 27.7 Å². The zero-order chi connectivity index (χ0) is 12.2. The molecule has 0 amide bonds. The van der Waals surface area contributed by atoms with E-state index in [1.165, 1.54) is 11.4 Å². The van der Waals surface area contributed by atoms with Crippen LogP contribution in [-0.2, 0) is 5.54 Å². The molecule has 0 aromatic carbocycles. The number of thiazole rings is 1. The normalized spacial score (nSPS) is 15.4. The molecule has 1 rings (SSSR count). The first-order valence-electron chi connectivity index (χ1n) is 6.24. The third-order valence-corrected chi connectivity index (χ3v) is 4.37.